The van der Waals surface area contributed by atoms with Crippen molar-refractivity contribution in [2.75, 3.05) is 24.5 Å². The first-order valence-corrected chi connectivity index (χ1v) is 12.3. The van der Waals surface area contributed by atoms with E-state index in [1.807, 2.05) is 24.3 Å². The first-order valence-electron chi connectivity index (χ1n) is 12.3. The third-order valence-corrected chi connectivity index (χ3v) is 7.21. The van der Waals surface area contributed by atoms with Crippen molar-refractivity contribution in [2.24, 2.45) is 10.7 Å². The van der Waals surface area contributed by atoms with E-state index >= 15 is 0 Å². The van der Waals surface area contributed by atoms with Crippen molar-refractivity contribution in [3.8, 4) is 0 Å². The van der Waals surface area contributed by atoms with Crippen molar-refractivity contribution in [2.45, 2.75) is 49.9 Å². The molecule has 7 nitrogen and oxygen atoms in total. The number of nitrogens with zero attached hydrogens (tertiary/aromatic N) is 4. The fourth-order valence-electron chi connectivity index (χ4n) is 5.26. The molecule has 202 valence electrons. The summed E-state index contributed by atoms with van der Waals surface area (Å²) in [5.74, 6) is -7.34. The minimum absolute atomic E-state index is 0.0699. The van der Waals surface area contributed by atoms with E-state index in [4.69, 9.17) is 5.73 Å². The van der Waals surface area contributed by atoms with E-state index in [1.165, 1.54) is 11.2 Å². The molecule has 38 heavy (non-hydrogen) atoms. The topological polar surface area (TPSA) is 82.2 Å². The monoisotopic (exact) mass is 535 g/mol. The summed E-state index contributed by atoms with van der Waals surface area (Å²) in [5.41, 5.74) is 7.48. The molecular formula is C26H26F5N5O2. The van der Waals surface area contributed by atoms with E-state index in [2.05, 4.69) is 4.99 Å². The Morgan fingerprint density at radius 3 is 2.55 bits per heavy atom. The molecule has 0 bridgehead atoms. The minimum Gasteiger partial charge on any atom is -0.336 e. The van der Waals surface area contributed by atoms with Crippen LogP contribution in [-0.4, -0.2) is 71.6 Å². The molecule has 2 amide bonds. The first kappa shape index (κ1) is 26.1. The predicted octanol–water partition coefficient (Wildman–Crippen LogP) is 2.86. The summed E-state index contributed by atoms with van der Waals surface area (Å²) >= 11 is 0. The lowest BCUT2D eigenvalue weighted by Crippen LogP contribution is -2.51. The third kappa shape index (κ3) is 5.09. The zero-order valence-corrected chi connectivity index (χ0v) is 20.3. The van der Waals surface area contributed by atoms with Crippen molar-refractivity contribution in [1.29, 1.82) is 0 Å². The lowest BCUT2D eigenvalue weighted by Gasteiger charge is -2.31. The van der Waals surface area contributed by atoms with Crippen LogP contribution in [0.1, 0.15) is 24.0 Å². The van der Waals surface area contributed by atoms with Gasteiger partial charge in [-0.15, -0.1) is 0 Å². The second kappa shape index (κ2) is 9.97. The van der Waals surface area contributed by atoms with Crippen LogP contribution in [-0.2, 0) is 22.6 Å². The summed E-state index contributed by atoms with van der Waals surface area (Å²) in [4.78, 5) is 35.3. The normalized spacial score (nSPS) is 22.7. The molecule has 0 aliphatic carbocycles. The van der Waals surface area contributed by atoms with Crippen LogP contribution < -0.4 is 10.6 Å². The van der Waals surface area contributed by atoms with Crippen molar-refractivity contribution >= 4 is 23.8 Å². The van der Waals surface area contributed by atoms with Crippen LogP contribution in [0.3, 0.4) is 0 Å². The summed E-state index contributed by atoms with van der Waals surface area (Å²) in [5, 5.41) is 0. The standard InChI is InChI=1S/C26H26F5N5O2/c27-18-10-20(29)19(28)8-16(18)7-17(32)9-23(37)35-11-15-3-1-2-4-21(15)36-14-33-24(22(36)12-35)25(38)34-6-5-26(30,31)13-34/h1-4,8,10,14,17,22,24H,5-7,9,11-13,32H2/t17-,22?,24?/m1/s1. The number of para-hydroxylation sites is 1. The molecule has 3 aliphatic heterocycles. The maximum absolute atomic E-state index is 14.1. The Bertz CT molecular complexity index is 1290. The minimum atomic E-state index is -2.95. The van der Waals surface area contributed by atoms with E-state index in [0.29, 0.717) is 6.07 Å². The van der Waals surface area contributed by atoms with Crippen LogP contribution in [0.25, 0.3) is 0 Å². The van der Waals surface area contributed by atoms with Crippen molar-refractivity contribution in [3.05, 3.63) is 65.0 Å². The van der Waals surface area contributed by atoms with Gasteiger partial charge in [-0.25, -0.2) is 22.0 Å². The highest BCUT2D eigenvalue weighted by molar-refractivity contribution is 5.94. The van der Waals surface area contributed by atoms with E-state index < -0.39 is 60.4 Å². The number of alkyl halides is 2. The number of anilines is 1. The number of aliphatic imine (C=N–C) groups is 1. The number of likely N-dealkylation sites (tertiary alicyclic amines) is 1. The fourth-order valence-corrected chi connectivity index (χ4v) is 5.26. The largest absolute Gasteiger partial charge is 0.336 e. The van der Waals surface area contributed by atoms with Crippen LogP contribution >= 0.6 is 0 Å². The van der Waals surface area contributed by atoms with E-state index in [1.54, 1.807) is 4.90 Å². The van der Waals surface area contributed by atoms with Gasteiger partial charge in [-0.05, 0) is 29.7 Å². The number of amides is 2. The molecule has 5 rings (SSSR count). The molecule has 2 unspecified atom stereocenters. The van der Waals surface area contributed by atoms with Gasteiger partial charge < -0.3 is 20.4 Å². The second-order valence-electron chi connectivity index (χ2n) is 9.98. The van der Waals surface area contributed by atoms with Crippen molar-refractivity contribution in [3.63, 3.8) is 0 Å². The van der Waals surface area contributed by atoms with Gasteiger partial charge in [0.25, 0.3) is 5.92 Å². The molecular weight excluding hydrogens is 509 g/mol. The molecule has 12 heteroatoms. The molecule has 1 saturated heterocycles. The zero-order chi connectivity index (χ0) is 27.2. The smallest absolute Gasteiger partial charge is 0.267 e. The Balaban J connectivity index is 1.34. The Kier molecular flexibility index (Phi) is 6.84. The highest BCUT2D eigenvalue weighted by Crippen LogP contribution is 2.34. The second-order valence-corrected chi connectivity index (χ2v) is 9.98. The molecule has 1 fully saturated rings. The molecule has 3 atom stereocenters. The van der Waals surface area contributed by atoms with E-state index in [9.17, 15) is 31.5 Å². The van der Waals surface area contributed by atoms with Crippen LogP contribution in [0.2, 0.25) is 0 Å². The summed E-state index contributed by atoms with van der Waals surface area (Å²) in [6.07, 6.45) is 0.687. The number of hydrogen-bond acceptors (Lipinski definition) is 5. The van der Waals surface area contributed by atoms with Gasteiger partial charge in [0.05, 0.1) is 18.9 Å². The molecule has 3 aliphatic rings. The number of halogens is 5. The molecule has 0 spiro atoms. The highest BCUT2D eigenvalue weighted by Gasteiger charge is 2.47. The number of nitrogens with two attached hydrogens (primary N) is 1. The average Bonchev–Trinajstić information content (AvgIpc) is 3.40. The van der Waals surface area contributed by atoms with Crippen LogP contribution in [0.15, 0.2) is 41.4 Å². The molecule has 0 saturated carbocycles. The Labute approximate surface area is 215 Å². The van der Waals surface area contributed by atoms with Crippen molar-refractivity contribution in [1.82, 2.24) is 9.80 Å². The van der Waals surface area contributed by atoms with Gasteiger partial charge in [-0.3, -0.25) is 14.6 Å². The quantitative estimate of drug-likeness (QED) is 0.472. The van der Waals surface area contributed by atoms with Crippen molar-refractivity contribution < 1.29 is 31.5 Å². The summed E-state index contributed by atoms with van der Waals surface area (Å²) < 4.78 is 68.5. The summed E-state index contributed by atoms with van der Waals surface area (Å²) in [6.45, 7) is -0.469. The number of benzene rings is 2. The lowest BCUT2D eigenvalue weighted by molar-refractivity contribution is -0.135. The molecule has 0 radical (unpaired) electrons. The van der Waals surface area contributed by atoms with Crippen LogP contribution in [0.4, 0.5) is 27.6 Å². The number of carbonyl (C=O) groups excluding carboxylic acids is 2. The Morgan fingerprint density at radius 1 is 1.08 bits per heavy atom. The zero-order valence-electron chi connectivity index (χ0n) is 20.3. The number of carbonyl (C=O) groups is 2. The maximum atomic E-state index is 14.1. The first-order chi connectivity index (χ1) is 18.0. The van der Waals surface area contributed by atoms with Gasteiger partial charge in [0.2, 0.25) is 11.8 Å². The SMILES string of the molecule is N[C@@H](CC(=O)N1Cc2ccccc2N2C=NC(C(=O)N3CCC(F)(F)C3)C2C1)Cc1cc(F)c(F)cc1F. The third-order valence-electron chi connectivity index (χ3n) is 7.21. The Hall–Kier alpha value is -3.54. The number of hydrogen-bond donors (Lipinski definition) is 1. The highest BCUT2D eigenvalue weighted by atomic mass is 19.3. The van der Waals surface area contributed by atoms with Crippen LogP contribution in [0, 0.1) is 17.5 Å². The van der Waals surface area contributed by atoms with Gasteiger partial charge >= 0.3 is 0 Å². The molecule has 2 aromatic carbocycles. The van der Waals surface area contributed by atoms with Gasteiger partial charge in [-0.2, -0.15) is 0 Å². The molecule has 2 N–H and O–H groups in total. The molecule has 3 heterocycles. The maximum Gasteiger partial charge on any atom is 0.267 e. The van der Waals surface area contributed by atoms with Crippen LogP contribution in [0.5, 0.6) is 0 Å². The predicted molar refractivity (Wildman–Crippen MR) is 129 cm³/mol. The van der Waals surface area contributed by atoms with Gasteiger partial charge in [-0.1, -0.05) is 18.2 Å². The number of fused-ring (bicyclic) bond motifs is 3. The van der Waals surface area contributed by atoms with E-state index in [0.717, 1.165) is 22.2 Å². The molecule has 0 aromatic heterocycles. The van der Waals surface area contributed by atoms with Gasteiger partial charge in [0.15, 0.2) is 17.7 Å². The van der Waals surface area contributed by atoms with Gasteiger partial charge in [0, 0.05) is 50.3 Å². The Morgan fingerprint density at radius 2 is 1.82 bits per heavy atom. The average molecular weight is 536 g/mol. The summed E-state index contributed by atoms with van der Waals surface area (Å²) in [7, 11) is 0. The molecule has 2 aromatic rings. The van der Waals surface area contributed by atoms with E-state index in [-0.39, 0.29) is 43.9 Å². The van der Waals surface area contributed by atoms with Gasteiger partial charge in [0.1, 0.15) is 5.82 Å². The lowest BCUT2D eigenvalue weighted by atomic mass is 10.0. The summed E-state index contributed by atoms with van der Waals surface area (Å²) in [6, 6.07) is 5.96. The fraction of sp³-hybridized carbons (Fsp3) is 0.423. The number of rotatable bonds is 5.